The van der Waals surface area contributed by atoms with Crippen molar-refractivity contribution in [3.63, 3.8) is 0 Å². The predicted octanol–water partition coefficient (Wildman–Crippen LogP) is 1.98. The van der Waals surface area contributed by atoms with Gasteiger partial charge in [0.1, 0.15) is 5.75 Å². The first-order chi connectivity index (χ1) is 11.5. The van der Waals surface area contributed by atoms with Gasteiger partial charge in [-0.3, -0.25) is 9.59 Å². The molecule has 0 saturated carbocycles. The van der Waals surface area contributed by atoms with E-state index >= 15 is 0 Å². The van der Waals surface area contributed by atoms with Crippen molar-refractivity contribution < 1.29 is 40.1 Å². The summed E-state index contributed by atoms with van der Waals surface area (Å²) in [7, 11) is -5.79. The van der Waals surface area contributed by atoms with Gasteiger partial charge in [0.2, 0.25) is 5.91 Å². The van der Waals surface area contributed by atoms with E-state index in [1.165, 1.54) is 6.07 Å². The number of hydrogen-bond donors (Lipinski definition) is 1. The highest BCUT2D eigenvalue weighted by atomic mass is 32.2. The molecule has 0 fully saturated rings. The lowest BCUT2D eigenvalue weighted by molar-refractivity contribution is -0.145. The van der Waals surface area contributed by atoms with E-state index in [9.17, 15) is 31.2 Å². The zero-order valence-electron chi connectivity index (χ0n) is 12.9. The van der Waals surface area contributed by atoms with Gasteiger partial charge in [0, 0.05) is 5.69 Å². The predicted molar refractivity (Wildman–Crippen MR) is 79.1 cm³/mol. The van der Waals surface area contributed by atoms with Crippen molar-refractivity contribution in [3.05, 3.63) is 23.8 Å². The van der Waals surface area contributed by atoms with E-state index in [1.54, 1.807) is 6.92 Å². The average Bonchev–Trinajstić information content (AvgIpc) is 2.47. The molecular weight excluding hydrogens is 367 g/mol. The Kier molecular flexibility index (Phi) is 5.26. The molecular formula is C14H14F3NO6S. The highest BCUT2D eigenvalue weighted by molar-refractivity contribution is 7.88. The molecule has 1 aliphatic rings. The summed E-state index contributed by atoms with van der Waals surface area (Å²) in [5, 5.41) is 2.50. The van der Waals surface area contributed by atoms with Crippen LogP contribution in [0.1, 0.15) is 18.9 Å². The molecule has 0 radical (unpaired) electrons. The third kappa shape index (κ3) is 4.41. The van der Waals surface area contributed by atoms with E-state index in [1.807, 2.05) is 0 Å². The van der Waals surface area contributed by atoms with Gasteiger partial charge in [0.05, 0.1) is 18.9 Å². The number of ether oxygens (including phenoxy) is 1. The number of rotatable bonds is 5. The van der Waals surface area contributed by atoms with Gasteiger partial charge < -0.3 is 14.2 Å². The zero-order valence-corrected chi connectivity index (χ0v) is 13.7. The van der Waals surface area contributed by atoms with E-state index in [0.717, 1.165) is 12.1 Å². The van der Waals surface area contributed by atoms with Crippen LogP contribution in [0.3, 0.4) is 0 Å². The number of hydrogen-bond acceptors (Lipinski definition) is 6. The number of halogens is 3. The number of fused-ring (bicyclic) bond motifs is 1. The first kappa shape index (κ1) is 19.0. The second kappa shape index (κ2) is 6.90. The van der Waals surface area contributed by atoms with Gasteiger partial charge in [-0.1, -0.05) is 0 Å². The minimum absolute atomic E-state index is 0.0310. The van der Waals surface area contributed by atoms with Gasteiger partial charge in [0.25, 0.3) is 0 Å². The Hall–Kier alpha value is -2.30. The number of nitrogens with one attached hydrogen (secondary N) is 1. The van der Waals surface area contributed by atoms with Crippen molar-refractivity contribution in [2.24, 2.45) is 5.92 Å². The van der Waals surface area contributed by atoms with Crippen LogP contribution in [-0.2, 0) is 30.9 Å². The fraction of sp³-hybridized carbons (Fsp3) is 0.429. The molecule has 1 N–H and O–H groups in total. The number of alkyl halides is 3. The number of amides is 1. The molecule has 1 aliphatic heterocycles. The summed E-state index contributed by atoms with van der Waals surface area (Å²) in [4.78, 5) is 23.4. The summed E-state index contributed by atoms with van der Waals surface area (Å²) in [5.74, 6) is -2.33. The lowest BCUT2D eigenvalue weighted by Crippen LogP contribution is -2.32. The maximum atomic E-state index is 12.4. The van der Waals surface area contributed by atoms with Gasteiger partial charge in [0.15, 0.2) is 0 Å². The topological polar surface area (TPSA) is 98.8 Å². The Morgan fingerprint density at radius 2 is 2.04 bits per heavy atom. The van der Waals surface area contributed by atoms with Crippen LogP contribution in [0.5, 0.6) is 5.75 Å². The fourth-order valence-electron chi connectivity index (χ4n) is 2.27. The molecule has 2 rings (SSSR count). The Morgan fingerprint density at radius 1 is 1.36 bits per heavy atom. The van der Waals surface area contributed by atoms with Crippen LogP contribution < -0.4 is 9.50 Å². The van der Waals surface area contributed by atoms with E-state index < -0.39 is 39.2 Å². The summed E-state index contributed by atoms with van der Waals surface area (Å²) < 4.78 is 68.0. The fourth-order valence-corrected chi connectivity index (χ4v) is 2.72. The second-order valence-corrected chi connectivity index (χ2v) is 6.74. The summed E-state index contributed by atoms with van der Waals surface area (Å²) >= 11 is 0. The van der Waals surface area contributed by atoms with Crippen LogP contribution in [-0.4, -0.2) is 32.4 Å². The van der Waals surface area contributed by atoms with Crippen molar-refractivity contribution in [1.29, 1.82) is 0 Å². The first-order valence-electron chi connectivity index (χ1n) is 7.13. The van der Waals surface area contributed by atoms with Gasteiger partial charge in [-0.2, -0.15) is 21.6 Å². The highest BCUT2D eigenvalue weighted by Crippen LogP contribution is 2.33. The Bertz CT molecular complexity index is 790. The average molecular weight is 381 g/mol. The molecule has 11 heteroatoms. The summed E-state index contributed by atoms with van der Waals surface area (Å²) in [6.45, 7) is 1.76. The van der Waals surface area contributed by atoms with Crippen LogP contribution in [0, 0.1) is 5.92 Å². The first-order valence-corrected chi connectivity index (χ1v) is 8.54. The quantitative estimate of drug-likeness (QED) is 0.476. The maximum absolute atomic E-state index is 12.4. The Morgan fingerprint density at radius 3 is 2.64 bits per heavy atom. The normalized spacial score (nSPS) is 17.4. The molecule has 0 spiro atoms. The lowest BCUT2D eigenvalue weighted by Gasteiger charge is -2.24. The van der Waals surface area contributed by atoms with Crippen LogP contribution in [0.15, 0.2) is 18.2 Å². The molecule has 1 aromatic carbocycles. The molecule has 25 heavy (non-hydrogen) atoms. The molecule has 1 amide bonds. The smallest absolute Gasteiger partial charge is 0.466 e. The second-order valence-electron chi connectivity index (χ2n) is 5.20. The highest BCUT2D eigenvalue weighted by Gasteiger charge is 2.48. The molecule has 1 heterocycles. The van der Waals surface area contributed by atoms with E-state index in [0.29, 0.717) is 11.3 Å². The van der Waals surface area contributed by atoms with Crippen molar-refractivity contribution in [2.45, 2.75) is 25.3 Å². The Labute approximate surface area is 141 Å². The van der Waals surface area contributed by atoms with Crippen LogP contribution in [0.25, 0.3) is 0 Å². The molecule has 0 aromatic heterocycles. The largest absolute Gasteiger partial charge is 0.534 e. The van der Waals surface area contributed by atoms with Gasteiger partial charge in [-0.25, -0.2) is 0 Å². The van der Waals surface area contributed by atoms with Crippen molar-refractivity contribution in [1.82, 2.24) is 0 Å². The molecule has 0 bridgehead atoms. The van der Waals surface area contributed by atoms with Crippen molar-refractivity contribution in [2.75, 3.05) is 11.9 Å². The minimum Gasteiger partial charge on any atom is -0.466 e. The lowest BCUT2D eigenvalue weighted by atomic mass is 9.90. The van der Waals surface area contributed by atoms with E-state index in [4.69, 9.17) is 4.74 Å². The van der Waals surface area contributed by atoms with Crippen LogP contribution in [0.2, 0.25) is 0 Å². The number of anilines is 1. The van der Waals surface area contributed by atoms with Crippen LogP contribution >= 0.6 is 0 Å². The summed E-state index contributed by atoms with van der Waals surface area (Å²) in [6, 6.07) is 3.30. The molecule has 7 nitrogen and oxygen atoms in total. The van der Waals surface area contributed by atoms with E-state index in [-0.39, 0.29) is 19.4 Å². The van der Waals surface area contributed by atoms with Gasteiger partial charge in [-0.15, -0.1) is 0 Å². The third-order valence-electron chi connectivity index (χ3n) is 3.38. The monoisotopic (exact) mass is 381 g/mol. The SMILES string of the molecule is CCOC(=O)CC1Cc2cc(OS(=O)(=O)C(F)(F)F)ccc2NC1=O. The molecule has 1 aromatic rings. The molecule has 1 atom stereocenters. The Balaban J connectivity index is 2.20. The summed E-state index contributed by atoms with van der Waals surface area (Å²) in [5.41, 5.74) is -4.89. The molecule has 138 valence electrons. The van der Waals surface area contributed by atoms with E-state index in [2.05, 4.69) is 9.50 Å². The third-order valence-corrected chi connectivity index (χ3v) is 4.36. The zero-order chi connectivity index (χ0) is 18.8. The number of benzene rings is 1. The van der Waals surface area contributed by atoms with Crippen molar-refractivity contribution >= 4 is 27.7 Å². The molecule has 0 saturated heterocycles. The maximum Gasteiger partial charge on any atom is 0.534 e. The summed E-state index contributed by atoms with van der Waals surface area (Å²) in [6.07, 6.45) is -0.172. The number of carbonyl (C=O) groups is 2. The molecule has 0 aliphatic carbocycles. The standard InChI is InChI=1S/C14H14F3NO6S/c1-2-23-12(19)7-9-5-8-6-10(3-4-11(8)18-13(9)20)24-25(21,22)14(15,16)17/h3-4,6,9H,2,5,7H2,1H3,(H,18,20). The number of esters is 1. The van der Waals surface area contributed by atoms with Gasteiger partial charge >= 0.3 is 21.6 Å². The van der Waals surface area contributed by atoms with Crippen LogP contribution in [0.4, 0.5) is 18.9 Å². The minimum atomic E-state index is -5.79. The van der Waals surface area contributed by atoms with Gasteiger partial charge in [-0.05, 0) is 37.1 Å². The van der Waals surface area contributed by atoms with Crippen molar-refractivity contribution in [3.8, 4) is 5.75 Å². The molecule has 1 unspecified atom stereocenters. The number of carbonyl (C=O) groups excluding carboxylic acids is 2.